The van der Waals surface area contributed by atoms with E-state index in [4.69, 9.17) is 22.7 Å². The largest absolute Gasteiger partial charge is 0.167 e. The van der Waals surface area contributed by atoms with Crippen LogP contribution < -0.4 is 0 Å². The first-order valence-electron chi connectivity index (χ1n) is 2.79. The summed E-state index contributed by atoms with van der Waals surface area (Å²) >= 11 is 12.0. The van der Waals surface area contributed by atoms with Crippen molar-refractivity contribution >= 4 is 30.1 Å². The molecule has 1 saturated heterocycles. The van der Waals surface area contributed by atoms with Crippen molar-refractivity contribution in [3.05, 3.63) is 0 Å². The van der Waals surface area contributed by atoms with Gasteiger partial charge in [-0.3, -0.25) is 0 Å². The number of rotatable bonds is 0. The van der Waals surface area contributed by atoms with Crippen LogP contribution in [0.1, 0.15) is 6.92 Å². The number of alkyl halides is 1. The summed E-state index contributed by atoms with van der Waals surface area (Å²) < 4.78 is 0. The van der Waals surface area contributed by atoms with Crippen molar-refractivity contribution in [1.29, 1.82) is 0 Å². The fourth-order valence-electron chi connectivity index (χ4n) is 1.49. The average Bonchev–Trinajstić information content (AvgIpc) is 1.20. The molecule has 3 heteroatoms. The molecule has 8 heavy (non-hydrogen) atoms. The SMILES string of the molecule is CC1(Cl)C[Si](C)(Cl)C1. The van der Waals surface area contributed by atoms with Crippen molar-refractivity contribution in [2.24, 2.45) is 0 Å². The van der Waals surface area contributed by atoms with Crippen LogP contribution in [0.4, 0.5) is 0 Å². The Hall–Kier alpha value is 0.797. The van der Waals surface area contributed by atoms with Crippen LogP contribution in [0.5, 0.6) is 0 Å². The number of hydrogen-bond donors (Lipinski definition) is 0. The highest BCUT2D eigenvalue weighted by Gasteiger charge is 2.48. The van der Waals surface area contributed by atoms with Crippen LogP contribution in [-0.4, -0.2) is 12.3 Å². The third-order valence-corrected chi connectivity index (χ3v) is 6.03. The number of halogens is 2. The Labute approximate surface area is 60.9 Å². The normalized spacial score (nSPS) is 55.5. The summed E-state index contributed by atoms with van der Waals surface area (Å²) in [6, 6.07) is 2.15. The van der Waals surface area contributed by atoms with Gasteiger partial charge in [0.2, 0.25) is 0 Å². The maximum atomic E-state index is 6.04. The molecule has 1 heterocycles. The van der Waals surface area contributed by atoms with E-state index in [9.17, 15) is 0 Å². The highest BCUT2D eigenvalue weighted by Crippen LogP contribution is 2.48. The lowest BCUT2D eigenvalue weighted by Gasteiger charge is -2.43. The first kappa shape index (κ1) is 6.91. The van der Waals surface area contributed by atoms with Crippen LogP contribution in [0.25, 0.3) is 0 Å². The van der Waals surface area contributed by atoms with Gasteiger partial charge in [0.15, 0.2) is 7.38 Å². The molecule has 0 N–H and O–H groups in total. The molecule has 0 nitrogen and oxygen atoms in total. The van der Waals surface area contributed by atoms with Gasteiger partial charge >= 0.3 is 0 Å². The van der Waals surface area contributed by atoms with E-state index in [1.807, 2.05) is 0 Å². The Morgan fingerprint density at radius 3 is 1.88 bits per heavy atom. The lowest BCUT2D eigenvalue weighted by molar-refractivity contribution is 0.692. The van der Waals surface area contributed by atoms with E-state index in [1.54, 1.807) is 0 Å². The van der Waals surface area contributed by atoms with Crippen LogP contribution in [0.2, 0.25) is 18.6 Å². The van der Waals surface area contributed by atoms with E-state index >= 15 is 0 Å². The average molecular weight is 169 g/mol. The molecular formula is C5H10Cl2Si. The maximum Gasteiger partial charge on any atom is 0.156 e. The summed E-state index contributed by atoms with van der Waals surface area (Å²) in [5.74, 6) is 0. The molecule has 0 saturated carbocycles. The molecule has 0 aromatic heterocycles. The van der Waals surface area contributed by atoms with E-state index in [-0.39, 0.29) is 4.87 Å². The van der Waals surface area contributed by atoms with Gasteiger partial charge < -0.3 is 0 Å². The van der Waals surface area contributed by atoms with Crippen LogP contribution in [0.3, 0.4) is 0 Å². The second-order valence-corrected chi connectivity index (χ2v) is 10.4. The fourth-order valence-corrected chi connectivity index (χ4v) is 8.41. The molecule has 0 radical (unpaired) electrons. The monoisotopic (exact) mass is 168 g/mol. The molecule has 0 spiro atoms. The Kier molecular flexibility index (Phi) is 1.42. The molecule has 0 aliphatic carbocycles. The zero-order chi connectivity index (χ0) is 6.41. The van der Waals surface area contributed by atoms with Crippen LogP contribution >= 0.6 is 22.7 Å². The summed E-state index contributed by atoms with van der Waals surface area (Å²) in [7, 11) is -1.25. The fraction of sp³-hybridized carbons (Fsp3) is 1.00. The molecule has 1 fully saturated rings. The third-order valence-electron chi connectivity index (χ3n) is 1.47. The Balaban J connectivity index is 2.42. The second kappa shape index (κ2) is 1.65. The molecule has 0 aromatic rings. The van der Waals surface area contributed by atoms with Gasteiger partial charge in [0.1, 0.15) is 0 Å². The van der Waals surface area contributed by atoms with Gasteiger partial charge in [0, 0.05) is 4.87 Å². The summed E-state index contributed by atoms with van der Waals surface area (Å²) in [6.45, 7) is 4.23. The van der Waals surface area contributed by atoms with Gasteiger partial charge in [0.05, 0.1) is 0 Å². The smallest absolute Gasteiger partial charge is 0.156 e. The molecule has 0 amide bonds. The number of hydrogen-bond acceptors (Lipinski definition) is 0. The Morgan fingerprint density at radius 1 is 1.50 bits per heavy atom. The van der Waals surface area contributed by atoms with E-state index in [0.29, 0.717) is 0 Å². The topological polar surface area (TPSA) is 0 Å². The zero-order valence-corrected chi connectivity index (χ0v) is 7.68. The van der Waals surface area contributed by atoms with Crippen molar-refractivity contribution in [2.45, 2.75) is 30.4 Å². The third kappa shape index (κ3) is 1.39. The zero-order valence-electron chi connectivity index (χ0n) is 5.17. The summed E-state index contributed by atoms with van der Waals surface area (Å²) in [6.07, 6.45) is 0. The van der Waals surface area contributed by atoms with Crippen LogP contribution in [0, 0.1) is 0 Å². The van der Waals surface area contributed by atoms with E-state index in [2.05, 4.69) is 13.5 Å². The first-order valence-corrected chi connectivity index (χ1v) is 7.10. The second-order valence-electron chi connectivity index (χ2n) is 3.18. The highest BCUT2D eigenvalue weighted by atomic mass is 35.6. The van der Waals surface area contributed by atoms with Crippen LogP contribution in [0.15, 0.2) is 0 Å². The minimum Gasteiger partial charge on any atom is -0.167 e. The Morgan fingerprint density at radius 2 is 1.88 bits per heavy atom. The lowest BCUT2D eigenvalue weighted by Crippen LogP contribution is -2.47. The predicted octanol–water partition coefficient (Wildman–Crippen LogP) is 2.81. The molecule has 1 rings (SSSR count). The predicted molar refractivity (Wildman–Crippen MR) is 41.3 cm³/mol. The van der Waals surface area contributed by atoms with Crippen molar-refractivity contribution in [2.75, 3.05) is 0 Å². The van der Waals surface area contributed by atoms with Gasteiger partial charge in [-0.15, -0.1) is 11.6 Å². The molecule has 1 aliphatic rings. The summed E-state index contributed by atoms with van der Waals surface area (Å²) in [5, 5.41) is 0. The molecule has 0 bridgehead atoms. The van der Waals surface area contributed by atoms with Gasteiger partial charge in [-0.25, -0.2) is 0 Å². The minimum absolute atomic E-state index is 0.0583. The Bertz CT molecular complexity index is 87.0. The van der Waals surface area contributed by atoms with Crippen molar-refractivity contribution in [3.63, 3.8) is 0 Å². The van der Waals surface area contributed by atoms with Gasteiger partial charge in [-0.05, 0) is 19.0 Å². The molecular weight excluding hydrogens is 159 g/mol. The summed E-state index contributed by atoms with van der Waals surface area (Å²) in [5.41, 5.74) is 0. The summed E-state index contributed by atoms with van der Waals surface area (Å²) in [4.78, 5) is 0.0583. The van der Waals surface area contributed by atoms with E-state index in [1.165, 1.54) is 0 Å². The minimum atomic E-state index is -1.25. The van der Waals surface area contributed by atoms with Crippen molar-refractivity contribution in [1.82, 2.24) is 0 Å². The molecule has 1 aliphatic heterocycles. The molecule has 0 atom stereocenters. The van der Waals surface area contributed by atoms with Crippen LogP contribution in [-0.2, 0) is 0 Å². The molecule has 0 aromatic carbocycles. The van der Waals surface area contributed by atoms with Crippen molar-refractivity contribution in [3.8, 4) is 0 Å². The maximum absolute atomic E-state index is 6.04. The lowest BCUT2D eigenvalue weighted by atomic mass is 10.2. The molecule has 0 unspecified atom stereocenters. The van der Waals surface area contributed by atoms with Crippen molar-refractivity contribution < 1.29 is 0 Å². The standard InChI is InChI=1S/C5H10Cl2Si/c1-5(6)3-8(2,7)4-5/h3-4H2,1-2H3. The van der Waals surface area contributed by atoms with Gasteiger partial charge in [0.25, 0.3) is 0 Å². The molecule has 48 valence electrons. The first-order chi connectivity index (χ1) is 3.41. The van der Waals surface area contributed by atoms with E-state index in [0.717, 1.165) is 12.1 Å². The van der Waals surface area contributed by atoms with Gasteiger partial charge in [-0.2, -0.15) is 11.1 Å². The highest BCUT2D eigenvalue weighted by molar-refractivity contribution is 7.22. The van der Waals surface area contributed by atoms with E-state index < -0.39 is 7.38 Å². The van der Waals surface area contributed by atoms with Gasteiger partial charge in [-0.1, -0.05) is 6.55 Å². The quantitative estimate of drug-likeness (QED) is 0.297.